The van der Waals surface area contributed by atoms with Gasteiger partial charge in [0.05, 0.1) is 6.61 Å². The van der Waals surface area contributed by atoms with Gasteiger partial charge >= 0.3 is 0 Å². The van der Waals surface area contributed by atoms with Gasteiger partial charge in [0.25, 0.3) is 0 Å². The maximum Gasteiger partial charge on any atom is 0.123 e. The van der Waals surface area contributed by atoms with Crippen LogP contribution in [0, 0.1) is 5.92 Å². The summed E-state index contributed by atoms with van der Waals surface area (Å²) in [4.78, 5) is 0. The third-order valence-electron chi connectivity index (χ3n) is 3.26. The third-order valence-corrected chi connectivity index (χ3v) is 3.26. The summed E-state index contributed by atoms with van der Waals surface area (Å²) in [5.74, 6) is 1.60. The zero-order valence-electron chi connectivity index (χ0n) is 14.0. The highest BCUT2D eigenvalue weighted by molar-refractivity contribution is 5.41. The molecule has 0 N–H and O–H groups in total. The smallest absolute Gasteiger partial charge is 0.123 e. The minimum atomic E-state index is 0.114. The molecule has 0 aromatic heterocycles. The minimum Gasteiger partial charge on any atom is -0.493 e. The molecular formula is C19H30O. The molecule has 0 radical (unpaired) electrons. The normalized spacial score (nSPS) is 12.3. The number of aryl methyl sites for hydroxylation is 1. The highest BCUT2D eigenvalue weighted by Crippen LogP contribution is 2.32. The Balaban J connectivity index is 2.95. The van der Waals surface area contributed by atoms with Crippen LogP contribution in [0.1, 0.15) is 59.1 Å². The zero-order chi connectivity index (χ0) is 15.2. The predicted octanol–water partition coefficient (Wildman–Crippen LogP) is 5.53. The number of benzene rings is 1. The van der Waals surface area contributed by atoms with Crippen molar-refractivity contribution >= 4 is 0 Å². The first-order chi connectivity index (χ1) is 9.34. The highest BCUT2D eigenvalue weighted by atomic mass is 16.5. The van der Waals surface area contributed by atoms with Gasteiger partial charge in [-0.05, 0) is 48.3 Å². The second kappa shape index (κ2) is 7.52. The van der Waals surface area contributed by atoms with Crippen molar-refractivity contribution in [1.29, 1.82) is 0 Å². The molecule has 0 saturated heterocycles. The lowest BCUT2D eigenvalue weighted by Gasteiger charge is -2.24. The molecule has 20 heavy (non-hydrogen) atoms. The van der Waals surface area contributed by atoms with Gasteiger partial charge < -0.3 is 4.74 Å². The number of rotatable bonds is 6. The maximum absolute atomic E-state index is 5.99. The molecule has 1 aromatic rings. The van der Waals surface area contributed by atoms with Crippen molar-refractivity contribution in [3.8, 4) is 5.75 Å². The molecule has 1 nitrogen and oxygen atoms in total. The van der Waals surface area contributed by atoms with Gasteiger partial charge in [-0.2, -0.15) is 0 Å². The number of hydrogen-bond acceptors (Lipinski definition) is 1. The highest BCUT2D eigenvalue weighted by Gasteiger charge is 2.19. The van der Waals surface area contributed by atoms with Crippen molar-refractivity contribution < 1.29 is 4.74 Å². The molecule has 0 fully saturated rings. The molecule has 0 aliphatic carbocycles. The van der Waals surface area contributed by atoms with E-state index in [9.17, 15) is 0 Å². The van der Waals surface area contributed by atoms with E-state index in [2.05, 4.69) is 71.9 Å². The van der Waals surface area contributed by atoms with E-state index in [-0.39, 0.29) is 5.41 Å². The van der Waals surface area contributed by atoms with Crippen LogP contribution >= 0.6 is 0 Å². The number of allylic oxidation sites excluding steroid dienone is 2. The van der Waals surface area contributed by atoms with Crippen LogP contribution in [-0.2, 0) is 11.8 Å². The predicted molar refractivity (Wildman–Crippen MR) is 88.6 cm³/mol. The van der Waals surface area contributed by atoms with Crippen molar-refractivity contribution in [3.63, 3.8) is 0 Å². The topological polar surface area (TPSA) is 9.23 Å². The van der Waals surface area contributed by atoms with E-state index in [0.29, 0.717) is 5.92 Å². The third kappa shape index (κ3) is 5.40. The second-order valence-corrected chi connectivity index (χ2v) is 6.89. The summed E-state index contributed by atoms with van der Waals surface area (Å²) in [6.07, 6.45) is 6.54. The first-order valence-corrected chi connectivity index (χ1v) is 7.72. The molecule has 1 heteroatoms. The van der Waals surface area contributed by atoms with Crippen LogP contribution in [0.3, 0.4) is 0 Å². The molecule has 0 aliphatic heterocycles. The van der Waals surface area contributed by atoms with Crippen LogP contribution in [0.2, 0.25) is 0 Å². The van der Waals surface area contributed by atoms with E-state index in [1.165, 1.54) is 11.1 Å². The van der Waals surface area contributed by atoms with Crippen LogP contribution in [0.25, 0.3) is 0 Å². The Morgan fingerprint density at radius 3 is 2.45 bits per heavy atom. The van der Waals surface area contributed by atoms with Crippen LogP contribution in [0.4, 0.5) is 0 Å². The van der Waals surface area contributed by atoms with Crippen molar-refractivity contribution in [1.82, 2.24) is 0 Å². The van der Waals surface area contributed by atoms with E-state index in [0.717, 1.165) is 25.2 Å². The van der Waals surface area contributed by atoms with Crippen molar-refractivity contribution in [2.45, 2.75) is 59.8 Å². The fraction of sp³-hybridized carbons (Fsp3) is 0.579. The van der Waals surface area contributed by atoms with E-state index >= 15 is 0 Å². The first kappa shape index (κ1) is 16.8. The summed E-state index contributed by atoms with van der Waals surface area (Å²) in [6.45, 7) is 14.0. The molecule has 0 aliphatic rings. The van der Waals surface area contributed by atoms with Gasteiger partial charge in [0, 0.05) is 0 Å². The standard InChI is InChI=1S/C19H30O/c1-7-8-9-10-16-11-12-18(20-14-15(2)3)17(13-16)19(4,5)6/h7-8,11-13,15H,9-10,14H2,1-6H3/b8-7-. The summed E-state index contributed by atoms with van der Waals surface area (Å²) in [7, 11) is 0. The van der Waals surface area contributed by atoms with Gasteiger partial charge in [0.1, 0.15) is 5.75 Å². The largest absolute Gasteiger partial charge is 0.493 e. The molecule has 0 amide bonds. The van der Waals surface area contributed by atoms with Crippen LogP contribution in [0.5, 0.6) is 5.75 Å². The minimum absolute atomic E-state index is 0.114. The van der Waals surface area contributed by atoms with Gasteiger partial charge in [-0.1, -0.05) is 58.9 Å². The molecular weight excluding hydrogens is 244 g/mol. The fourth-order valence-corrected chi connectivity index (χ4v) is 2.12. The van der Waals surface area contributed by atoms with Gasteiger partial charge in [-0.3, -0.25) is 0 Å². The summed E-state index contributed by atoms with van der Waals surface area (Å²) in [5.41, 5.74) is 2.82. The van der Waals surface area contributed by atoms with E-state index < -0.39 is 0 Å². The Morgan fingerprint density at radius 2 is 1.90 bits per heavy atom. The number of hydrogen-bond donors (Lipinski definition) is 0. The van der Waals surface area contributed by atoms with Gasteiger partial charge in [-0.25, -0.2) is 0 Å². The van der Waals surface area contributed by atoms with Crippen LogP contribution < -0.4 is 4.74 Å². The molecule has 0 bridgehead atoms. The Hall–Kier alpha value is -1.24. The average molecular weight is 274 g/mol. The molecule has 0 atom stereocenters. The summed E-state index contributed by atoms with van der Waals surface area (Å²) < 4.78 is 5.99. The summed E-state index contributed by atoms with van der Waals surface area (Å²) >= 11 is 0. The van der Waals surface area contributed by atoms with Crippen molar-refractivity contribution in [3.05, 3.63) is 41.5 Å². The quantitative estimate of drug-likeness (QED) is 0.620. The van der Waals surface area contributed by atoms with E-state index in [1.807, 2.05) is 0 Å². The van der Waals surface area contributed by atoms with Crippen LogP contribution in [-0.4, -0.2) is 6.61 Å². The Kier molecular flexibility index (Phi) is 6.32. The first-order valence-electron chi connectivity index (χ1n) is 7.72. The molecule has 1 aromatic carbocycles. The molecule has 0 spiro atoms. The van der Waals surface area contributed by atoms with Gasteiger partial charge in [0.15, 0.2) is 0 Å². The SMILES string of the molecule is C/C=C\CCc1ccc(OCC(C)C)c(C(C)(C)C)c1. The Labute approximate surface area is 125 Å². The molecule has 0 saturated carbocycles. The second-order valence-electron chi connectivity index (χ2n) is 6.89. The number of ether oxygens (including phenoxy) is 1. The zero-order valence-corrected chi connectivity index (χ0v) is 14.0. The van der Waals surface area contributed by atoms with Gasteiger partial charge in [0.2, 0.25) is 0 Å². The average Bonchev–Trinajstić information content (AvgIpc) is 2.36. The lowest BCUT2D eigenvalue weighted by molar-refractivity contribution is 0.265. The monoisotopic (exact) mass is 274 g/mol. The lowest BCUT2D eigenvalue weighted by Crippen LogP contribution is -2.15. The Bertz CT molecular complexity index is 436. The molecule has 1 rings (SSSR count). The maximum atomic E-state index is 5.99. The van der Waals surface area contributed by atoms with E-state index in [4.69, 9.17) is 4.74 Å². The van der Waals surface area contributed by atoms with E-state index in [1.54, 1.807) is 0 Å². The fourth-order valence-electron chi connectivity index (χ4n) is 2.12. The van der Waals surface area contributed by atoms with Crippen LogP contribution in [0.15, 0.2) is 30.4 Å². The lowest BCUT2D eigenvalue weighted by atomic mass is 9.85. The molecule has 0 heterocycles. The molecule has 0 unspecified atom stereocenters. The summed E-state index contributed by atoms with van der Waals surface area (Å²) in [5, 5.41) is 0. The summed E-state index contributed by atoms with van der Waals surface area (Å²) in [6, 6.07) is 6.67. The Morgan fingerprint density at radius 1 is 1.20 bits per heavy atom. The van der Waals surface area contributed by atoms with Crippen molar-refractivity contribution in [2.75, 3.05) is 6.61 Å². The van der Waals surface area contributed by atoms with Crippen molar-refractivity contribution in [2.24, 2.45) is 5.92 Å². The van der Waals surface area contributed by atoms with Gasteiger partial charge in [-0.15, -0.1) is 0 Å². The molecule has 112 valence electrons.